The minimum absolute atomic E-state index is 0.0923. The number of aromatic nitrogens is 3. The number of imidazole rings is 1. The maximum absolute atomic E-state index is 11.7. The molecule has 0 bridgehead atoms. The molecule has 2 aromatic rings. The zero-order chi connectivity index (χ0) is 12.6. The molecule has 0 aliphatic carbocycles. The highest BCUT2D eigenvalue weighted by molar-refractivity contribution is 7.71. The van der Waals surface area contributed by atoms with Gasteiger partial charge >= 0.3 is 0 Å². The third kappa shape index (κ3) is 1.84. The molecule has 0 aromatic carbocycles. The summed E-state index contributed by atoms with van der Waals surface area (Å²) in [6.07, 6.45) is 1.72. The third-order valence-electron chi connectivity index (χ3n) is 2.83. The van der Waals surface area contributed by atoms with Gasteiger partial charge in [0.15, 0.2) is 10.4 Å². The molecule has 0 spiro atoms. The minimum Gasteiger partial charge on any atom is -0.357 e. The van der Waals surface area contributed by atoms with Crippen LogP contribution in [0.3, 0.4) is 0 Å². The van der Waals surface area contributed by atoms with Gasteiger partial charge in [0, 0.05) is 13.2 Å². The molecule has 1 atom stereocenters. The SMILES string of the molecule is CNC(=O)C(C)n1c(=S)[nH]c2c(C)ccnc21. The van der Waals surface area contributed by atoms with Crippen LogP contribution in [-0.4, -0.2) is 27.5 Å². The van der Waals surface area contributed by atoms with Crippen LogP contribution in [0.1, 0.15) is 18.5 Å². The first-order valence-electron chi connectivity index (χ1n) is 5.33. The molecule has 2 rings (SSSR count). The number of aryl methyl sites for hydroxylation is 1. The van der Waals surface area contributed by atoms with Crippen molar-refractivity contribution >= 4 is 29.3 Å². The Labute approximate surface area is 104 Å². The zero-order valence-electron chi connectivity index (χ0n) is 9.94. The van der Waals surface area contributed by atoms with Gasteiger partial charge in [0.2, 0.25) is 5.91 Å². The lowest BCUT2D eigenvalue weighted by Crippen LogP contribution is -2.27. The molecule has 1 amide bonds. The van der Waals surface area contributed by atoms with E-state index >= 15 is 0 Å². The fourth-order valence-corrected chi connectivity index (χ4v) is 2.18. The molecule has 0 fully saturated rings. The van der Waals surface area contributed by atoms with Crippen molar-refractivity contribution in [3.63, 3.8) is 0 Å². The number of amides is 1. The van der Waals surface area contributed by atoms with Gasteiger partial charge in [-0.25, -0.2) is 4.98 Å². The number of hydrogen-bond acceptors (Lipinski definition) is 3. The Morgan fingerprint density at radius 1 is 1.65 bits per heavy atom. The van der Waals surface area contributed by atoms with Crippen molar-refractivity contribution in [1.82, 2.24) is 19.9 Å². The zero-order valence-corrected chi connectivity index (χ0v) is 10.8. The summed E-state index contributed by atoms with van der Waals surface area (Å²) in [4.78, 5) is 19.0. The van der Waals surface area contributed by atoms with Crippen molar-refractivity contribution in [3.05, 3.63) is 22.6 Å². The smallest absolute Gasteiger partial charge is 0.242 e. The van der Waals surface area contributed by atoms with Gasteiger partial charge in [-0.3, -0.25) is 9.36 Å². The Morgan fingerprint density at radius 2 is 2.35 bits per heavy atom. The summed E-state index contributed by atoms with van der Waals surface area (Å²) < 4.78 is 2.24. The highest BCUT2D eigenvalue weighted by atomic mass is 32.1. The van der Waals surface area contributed by atoms with Gasteiger partial charge in [0.1, 0.15) is 6.04 Å². The van der Waals surface area contributed by atoms with Crippen LogP contribution in [-0.2, 0) is 4.79 Å². The molecule has 17 heavy (non-hydrogen) atoms. The monoisotopic (exact) mass is 250 g/mol. The second-order valence-electron chi connectivity index (χ2n) is 3.92. The summed E-state index contributed by atoms with van der Waals surface area (Å²) in [6, 6.07) is 1.53. The van der Waals surface area contributed by atoms with Crippen molar-refractivity contribution < 1.29 is 4.79 Å². The van der Waals surface area contributed by atoms with Crippen molar-refractivity contribution in [2.24, 2.45) is 0 Å². The molecule has 0 radical (unpaired) electrons. The van der Waals surface area contributed by atoms with Crippen LogP contribution in [0, 0.1) is 11.7 Å². The standard InChI is InChI=1S/C11H14N4OS/c1-6-4-5-13-9-8(6)14-11(17)15(9)7(2)10(16)12-3/h4-5,7H,1-3H3,(H,12,16)(H,14,17). The molecule has 0 aliphatic rings. The predicted molar refractivity (Wildman–Crippen MR) is 68.4 cm³/mol. The van der Waals surface area contributed by atoms with E-state index in [9.17, 15) is 4.79 Å². The topological polar surface area (TPSA) is 62.7 Å². The lowest BCUT2D eigenvalue weighted by atomic mass is 10.2. The summed E-state index contributed by atoms with van der Waals surface area (Å²) in [6.45, 7) is 3.77. The van der Waals surface area contributed by atoms with Gasteiger partial charge in [0.05, 0.1) is 5.52 Å². The highest BCUT2D eigenvalue weighted by Crippen LogP contribution is 2.19. The van der Waals surface area contributed by atoms with E-state index in [0.717, 1.165) is 11.1 Å². The number of carbonyl (C=O) groups excluding carboxylic acids is 1. The Balaban J connectivity index is 2.70. The number of nitrogens with one attached hydrogen (secondary N) is 2. The predicted octanol–water partition coefficient (Wildman–Crippen LogP) is 1.71. The normalized spacial score (nSPS) is 12.6. The van der Waals surface area contributed by atoms with Gasteiger partial charge in [-0.15, -0.1) is 0 Å². The van der Waals surface area contributed by atoms with E-state index in [1.54, 1.807) is 24.7 Å². The largest absolute Gasteiger partial charge is 0.357 e. The number of fused-ring (bicyclic) bond motifs is 1. The fraction of sp³-hybridized carbons (Fsp3) is 0.364. The van der Waals surface area contributed by atoms with E-state index in [1.165, 1.54) is 0 Å². The van der Waals surface area contributed by atoms with Crippen LogP contribution >= 0.6 is 12.2 Å². The number of aromatic amines is 1. The van der Waals surface area contributed by atoms with E-state index in [0.29, 0.717) is 10.4 Å². The first-order valence-corrected chi connectivity index (χ1v) is 5.74. The first-order chi connectivity index (χ1) is 8.06. The first kappa shape index (κ1) is 11.8. The van der Waals surface area contributed by atoms with Crippen LogP contribution in [0.25, 0.3) is 11.2 Å². The van der Waals surface area contributed by atoms with Crippen LogP contribution in [0.4, 0.5) is 0 Å². The van der Waals surface area contributed by atoms with Gasteiger partial charge in [-0.05, 0) is 37.7 Å². The van der Waals surface area contributed by atoms with Crippen molar-refractivity contribution in [1.29, 1.82) is 0 Å². The maximum atomic E-state index is 11.7. The van der Waals surface area contributed by atoms with E-state index in [1.807, 2.05) is 13.0 Å². The third-order valence-corrected chi connectivity index (χ3v) is 3.13. The second kappa shape index (κ2) is 4.29. The van der Waals surface area contributed by atoms with E-state index in [4.69, 9.17) is 12.2 Å². The Bertz CT molecular complexity index is 628. The van der Waals surface area contributed by atoms with E-state index in [2.05, 4.69) is 15.3 Å². The number of pyridine rings is 1. The molecule has 0 saturated carbocycles. The molecule has 2 heterocycles. The quantitative estimate of drug-likeness (QED) is 0.798. The average Bonchev–Trinajstić information content (AvgIpc) is 2.65. The van der Waals surface area contributed by atoms with Crippen molar-refractivity contribution in [2.75, 3.05) is 7.05 Å². The molecule has 2 aromatic heterocycles. The molecular weight excluding hydrogens is 236 g/mol. The van der Waals surface area contributed by atoms with Gasteiger partial charge in [0.25, 0.3) is 0 Å². The molecule has 90 valence electrons. The molecule has 5 nitrogen and oxygen atoms in total. The van der Waals surface area contributed by atoms with Crippen LogP contribution in [0.15, 0.2) is 12.3 Å². The summed E-state index contributed by atoms with van der Waals surface area (Å²) in [5, 5.41) is 2.61. The number of nitrogens with zero attached hydrogens (tertiary/aromatic N) is 2. The van der Waals surface area contributed by atoms with Crippen LogP contribution < -0.4 is 5.32 Å². The maximum Gasteiger partial charge on any atom is 0.242 e. The van der Waals surface area contributed by atoms with Gasteiger partial charge in [-0.2, -0.15) is 0 Å². The summed E-state index contributed by atoms with van der Waals surface area (Å²) in [5.41, 5.74) is 2.66. The lowest BCUT2D eigenvalue weighted by molar-refractivity contribution is -0.123. The number of likely N-dealkylation sites (N-methyl/N-ethyl adjacent to an activating group) is 1. The lowest BCUT2D eigenvalue weighted by Gasteiger charge is -2.12. The fourth-order valence-electron chi connectivity index (χ4n) is 1.83. The van der Waals surface area contributed by atoms with E-state index in [-0.39, 0.29) is 11.9 Å². The van der Waals surface area contributed by atoms with Crippen molar-refractivity contribution in [2.45, 2.75) is 19.9 Å². The average molecular weight is 250 g/mol. The highest BCUT2D eigenvalue weighted by Gasteiger charge is 2.18. The number of H-pyrrole nitrogens is 1. The summed E-state index contributed by atoms with van der Waals surface area (Å²) in [5.74, 6) is -0.0923. The van der Waals surface area contributed by atoms with Gasteiger partial charge in [-0.1, -0.05) is 0 Å². The molecule has 0 aliphatic heterocycles. The van der Waals surface area contributed by atoms with Crippen molar-refractivity contribution in [3.8, 4) is 0 Å². The Morgan fingerprint density at radius 3 is 3.00 bits per heavy atom. The van der Waals surface area contributed by atoms with Crippen LogP contribution in [0.2, 0.25) is 0 Å². The molecule has 1 unspecified atom stereocenters. The summed E-state index contributed by atoms with van der Waals surface area (Å²) >= 11 is 5.24. The number of rotatable bonds is 2. The number of carbonyl (C=O) groups is 1. The molecule has 6 heteroatoms. The van der Waals surface area contributed by atoms with Crippen LogP contribution in [0.5, 0.6) is 0 Å². The van der Waals surface area contributed by atoms with E-state index < -0.39 is 0 Å². The Kier molecular flexibility index (Phi) is 2.97. The number of hydrogen-bond donors (Lipinski definition) is 2. The Hall–Kier alpha value is -1.69. The molecular formula is C11H14N4OS. The second-order valence-corrected chi connectivity index (χ2v) is 4.30. The molecule has 2 N–H and O–H groups in total. The van der Waals surface area contributed by atoms with Gasteiger partial charge < -0.3 is 10.3 Å². The summed E-state index contributed by atoms with van der Waals surface area (Å²) in [7, 11) is 1.61. The molecule has 0 saturated heterocycles. The minimum atomic E-state index is -0.379.